The Morgan fingerprint density at radius 1 is 1.24 bits per heavy atom. The van der Waals surface area contributed by atoms with Crippen molar-refractivity contribution in [2.45, 2.75) is 6.92 Å². The van der Waals surface area contributed by atoms with E-state index in [1.165, 1.54) is 22.3 Å². The molecule has 2 heterocycles. The highest BCUT2D eigenvalue weighted by Crippen LogP contribution is 2.25. The molecule has 0 amide bonds. The van der Waals surface area contributed by atoms with Gasteiger partial charge in [0.15, 0.2) is 0 Å². The second-order valence-electron chi connectivity index (χ2n) is 4.20. The molecule has 17 heavy (non-hydrogen) atoms. The van der Waals surface area contributed by atoms with E-state index in [0.29, 0.717) is 0 Å². The lowest BCUT2D eigenvalue weighted by molar-refractivity contribution is 0.959. The topological polar surface area (TPSA) is 24.4 Å². The summed E-state index contributed by atoms with van der Waals surface area (Å²) in [5, 5.41) is 7.63. The summed E-state index contributed by atoms with van der Waals surface area (Å²) < 4.78 is 0. The predicted octanol–water partition coefficient (Wildman–Crippen LogP) is 3.07. The number of hydrogen-bond donors (Lipinski definition) is 1. The fourth-order valence-electron chi connectivity index (χ4n) is 2.06. The first-order valence-corrected chi connectivity index (χ1v) is 6.71. The van der Waals surface area contributed by atoms with E-state index in [1.54, 1.807) is 11.3 Å². The van der Waals surface area contributed by atoms with Gasteiger partial charge in [-0.05, 0) is 46.5 Å². The van der Waals surface area contributed by atoms with Gasteiger partial charge in [-0.15, -0.1) is 0 Å². The number of nitrogens with one attached hydrogen (secondary N) is 1. The van der Waals surface area contributed by atoms with Crippen molar-refractivity contribution < 1.29 is 0 Å². The third kappa shape index (κ3) is 1.98. The van der Waals surface area contributed by atoms with E-state index in [0.717, 1.165) is 18.9 Å². The molecule has 0 fully saturated rings. The van der Waals surface area contributed by atoms with Crippen LogP contribution in [-0.2, 0) is 0 Å². The lowest BCUT2D eigenvalue weighted by Gasteiger charge is -2.08. The summed E-state index contributed by atoms with van der Waals surface area (Å²) in [4.78, 5) is 4.50. The molecule has 0 radical (unpaired) electrons. The average molecular weight is 242 g/mol. The van der Waals surface area contributed by atoms with E-state index in [1.807, 2.05) is 0 Å². The minimum Gasteiger partial charge on any atom is -0.368 e. The van der Waals surface area contributed by atoms with Crippen molar-refractivity contribution in [2.24, 2.45) is 4.99 Å². The lowest BCUT2D eigenvalue weighted by Crippen LogP contribution is -2.20. The molecule has 0 unspecified atom stereocenters. The number of rotatable bonds is 2. The summed E-state index contributed by atoms with van der Waals surface area (Å²) in [6, 6.07) is 8.73. The van der Waals surface area contributed by atoms with E-state index in [2.05, 4.69) is 52.3 Å². The second-order valence-corrected chi connectivity index (χ2v) is 4.98. The van der Waals surface area contributed by atoms with E-state index in [4.69, 9.17) is 0 Å². The maximum absolute atomic E-state index is 4.50. The highest BCUT2D eigenvalue weighted by atomic mass is 32.1. The summed E-state index contributed by atoms with van der Waals surface area (Å²) in [6.07, 6.45) is 0. The number of hydrogen-bond acceptors (Lipinski definition) is 3. The summed E-state index contributed by atoms with van der Waals surface area (Å²) in [7, 11) is 0. The summed E-state index contributed by atoms with van der Waals surface area (Å²) in [6.45, 7) is 3.98. The molecule has 1 aliphatic rings. The first-order valence-electron chi connectivity index (χ1n) is 5.76. The zero-order chi connectivity index (χ0) is 11.7. The van der Waals surface area contributed by atoms with E-state index < -0.39 is 0 Å². The van der Waals surface area contributed by atoms with Crippen molar-refractivity contribution >= 4 is 17.2 Å². The maximum Gasteiger partial charge on any atom is 0.128 e. The van der Waals surface area contributed by atoms with Crippen molar-refractivity contribution in [3.8, 4) is 11.1 Å². The molecule has 0 saturated heterocycles. The molecule has 0 aliphatic carbocycles. The molecule has 2 aromatic rings. The fourth-order valence-corrected chi connectivity index (χ4v) is 2.73. The van der Waals surface area contributed by atoms with Crippen LogP contribution in [0.25, 0.3) is 11.1 Å². The lowest BCUT2D eigenvalue weighted by atomic mass is 10.0. The van der Waals surface area contributed by atoms with E-state index >= 15 is 0 Å². The van der Waals surface area contributed by atoms with E-state index in [9.17, 15) is 0 Å². The third-order valence-corrected chi connectivity index (χ3v) is 3.70. The molecule has 0 bridgehead atoms. The van der Waals surface area contributed by atoms with Gasteiger partial charge >= 0.3 is 0 Å². The van der Waals surface area contributed by atoms with Crippen LogP contribution in [-0.4, -0.2) is 18.9 Å². The van der Waals surface area contributed by atoms with Gasteiger partial charge < -0.3 is 5.32 Å². The zero-order valence-corrected chi connectivity index (χ0v) is 10.6. The molecule has 1 N–H and O–H groups in total. The number of aryl methyl sites for hydroxylation is 1. The number of nitrogens with zero attached hydrogens (tertiary/aromatic N) is 1. The van der Waals surface area contributed by atoms with Crippen molar-refractivity contribution in [3.63, 3.8) is 0 Å². The Balaban J connectivity index is 2.06. The monoisotopic (exact) mass is 242 g/mol. The quantitative estimate of drug-likeness (QED) is 0.860. The minimum absolute atomic E-state index is 0.886. The van der Waals surface area contributed by atoms with Gasteiger partial charge in [-0.25, -0.2) is 0 Å². The molecular weight excluding hydrogens is 228 g/mol. The SMILES string of the molecule is Cc1ccc(-c2ccsc2)cc1C1=NCCN1. The van der Waals surface area contributed by atoms with Gasteiger partial charge in [-0.2, -0.15) is 11.3 Å². The highest BCUT2D eigenvalue weighted by molar-refractivity contribution is 7.08. The zero-order valence-electron chi connectivity index (χ0n) is 9.73. The summed E-state index contributed by atoms with van der Waals surface area (Å²) in [5.41, 5.74) is 5.06. The van der Waals surface area contributed by atoms with Crippen molar-refractivity contribution in [3.05, 3.63) is 46.2 Å². The Bertz CT molecular complexity index is 556. The largest absolute Gasteiger partial charge is 0.368 e. The van der Waals surface area contributed by atoms with Gasteiger partial charge in [0.1, 0.15) is 5.84 Å². The first kappa shape index (κ1) is 10.5. The van der Waals surface area contributed by atoms with Crippen LogP contribution in [0.3, 0.4) is 0 Å². The van der Waals surface area contributed by atoms with Crippen LogP contribution in [0, 0.1) is 6.92 Å². The van der Waals surface area contributed by atoms with Crippen LogP contribution in [0.4, 0.5) is 0 Å². The van der Waals surface area contributed by atoms with Crippen LogP contribution < -0.4 is 5.32 Å². The second kappa shape index (κ2) is 4.34. The molecule has 3 rings (SSSR count). The standard InChI is InChI=1S/C14H14N2S/c1-10-2-3-11(12-4-7-17-9-12)8-13(10)14-15-5-6-16-14/h2-4,7-9H,5-6H2,1H3,(H,15,16). The molecular formula is C14H14N2S. The molecule has 1 aromatic heterocycles. The van der Waals surface area contributed by atoms with Crippen molar-refractivity contribution in [2.75, 3.05) is 13.1 Å². The summed E-state index contributed by atoms with van der Waals surface area (Å²) in [5.74, 6) is 1.04. The predicted molar refractivity (Wildman–Crippen MR) is 73.9 cm³/mol. The molecule has 1 aromatic carbocycles. The molecule has 2 nitrogen and oxygen atoms in total. The van der Waals surface area contributed by atoms with Crippen molar-refractivity contribution in [1.29, 1.82) is 0 Å². The van der Waals surface area contributed by atoms with E-state index in [-0.39, 0.29) is 0 Å². The number of aliphatic imine (C=N–C) groups is 1. The van der Waals surface area contributed by atoms with Gasteiger partial charge in [0.2, 0.25) is 0 Å². The van der Waals surface area contributed by atoms with Crippen molar-refractivity contribution in [1.82, 2.24) is 5.32 Å². The van der Waals surface area contributed by atoms with Crippen LogP contribution >= 0.6 is 11.3 Å². The van der Waals surface area contributed by atoms with Gasteiger partial charge in [-0.3, -0.25) is 4.99 Å². The van der Waals surface area contributed by atoms with Crippen LogP contribution in [0.15, 0.2) is 40.0 Å². The number of thiophene rings is 1. The summed E-state index contributed by atoms with van der Waals surface area (Å²) >= 11 is 1.73. The smallest absolute Gasteiger partial charge is 0.128 e. The van der Waals surface area contributed by atoms with Gasteiger partial charge in [0, 0.05) is 12.1 Å². The highest BCUT2D eigenvalue weighted by Gasteiger charge is 2.11. The first-order chi connectivity index (χ1) is 8.34. The molecule has 0 spiro atoms. The van der Waals surface area contributed by atoms with Gasteiger partial charge in [0.05, 0.1) is 6.54 Å². The average Bonchev–Trinajstić information content (AvgIpc) is 3.03. The molecule has 0 atom stereocenters. The Labute approximate surface area is 105 Å². The molecule has 1 aliphatic heterocycles. The maximum atomic E-state index is 4.50. The third-order valence-electron chi connectivity index (χ3n) is 3.02. The van der Waals surface area contributed by atoms with Crippen LogP contribution in [0.1, 0.15) is 11.1 Å². The molecule has 3 heteroatoms. The van der Waals surface area contributed by atoms with Crippen LogP contribution in [0.5, 0.6) is 0 Å². The van der Waals surface area contributed by atoms with Crippen LogP contribution in [0.2, 0.25) is 0 Å². The van der Waals surface area contributed by atoms with Gasteiger partial charge in [-0.1, -0.05) is 12.1 Å². The number of amidine groups is 1. The Morgan fingerprint density at radius 2 is 2.18 bits per heavy atom. The normalized spacial score (nSPS) is 14.5. The Kier molecular flexibility index (Phi) is 2.69. The molecule has 0 saturated carbocycles. The van der Waals surface area contributed by atoms with Gasteiger partial charge in [0.25, 0.3) is 0 Å². The molecule has 86 valence electrons. The minimum atomic E-state index is 0.886. The Hall–Kier alpha value is -1.61. The fraction of sp³-hybridized carbons (Fsp3) is 0.214. The Morgan fingerprint density at radius 3 is 2.88 bits per heavy atom. The number of benzene rings is 1.